The van der Waals surface area contributed by atoms with Crippen molar-refractivity contribution in [1.82, 2.24) is 4.98 Å². The number of carbonyl (C=O) groups excluding carboxylic acids is 1. The number of anilines is 1. The predicted molar refractivity (Wildman–Crippen MR) is 81.9 cm³/mol. The molecule has 106 valence electrons. The van der Waals surface area contributed by atoms with Crippen LogP contribution >= 0.6 is 0 Å². The number of rotatable bonds is 3. The third-order valence-electron chi connectivity index (χ3n) is 2.84. The van der Waals surface area contributed by atoms with E-state index in [4.69, 9.17) is 4.74 Å². The summed E-state index contributed by atoms with van der Waals surface area (Å²) in [6, 6.07) is 1.98. The fraction of sp³-hybridized carbons (Fsp3) is 0.571. The molecular weight excluding hydrogens is 256 g/mol. The van der Waals surface area contributed by atoms with Crippen molar-refractivity contribution >= 4 is 24.9 Å². The van der Waals surface area contributed by atoms with E-state index in [-0.39, 0.29) is 5.91 Å². The average molecular weight is 280 g/mol. The minimum Gasteiger partial charge on any atom is -0.480 e. The van der Waals surface area contributed by atoms with E-state index in [1.807, 2.05) is 26.8 Å². The van der Waals surface area contributed by atoms with Gasteiger partial charge in [-0.05, 0) is 11.3 Å². The quantitative estimate of drug-likeness (QED) is 0.866. The second kappa shape index (κ2) is 5.33. The molecule has 1 aromatic heterocycles. The number of aromatic nitrogens is 1. The van der Waals surface area contributed by atoms with Crippen molar-refractivity contribution in [3.63, 3.8) is 0 Å². The molecule has 4 nitrogen and oxygen atoms in total. The summed E-state index contributed by atoms with van der Waals surface area (Å²) in [6.45, 7) is 12.4. The lowest BCUT2D eigenvalue weighted by Gasteiger charge is -2.25. The molecule has 1 heterocycles. The van der Waals surface area contributed by atoms with Crippen molar-refractivity contribution < 1.29 is 9.53 Å². The Morgan fingerprint density at radius 2 is 1.89 bits per heavy atom. The molecule has 0 unspecified atom stereocenters. The lowest BCUT2D eigenvalue weighted by molar-refractivity contribution is -0.123. The van der Waals surface area contributed by atoms with Gasteiger partial charge in [0.1, 0.15) is 5.69 Å². The van der Waals surface area contributed by atoms with Crippen molar-refractivity contribution in [1.29, 1.82) is 0 Å². The molecule has 1 amide bonds. The predicted octanol–water partition coefficient (Wildman–Crippen LogP) is 2.62. The lowest BCUT2D eigenvalue weighted by atomic mass is 9.95. The highest BCUT2D eigenvalue weighted by molar-refractivity contribution is 6.89. The Morgan fingerprint density at radius 3 is 2.32 bits per heavy atom. The zero-order chi connectivity index (χ0) is 14.8. The molecule has 1 aromatic rings. The van der Waals surface area contributed by atoms with E-state index in [1.54, 1.807) is 13.3 Å². The summed E-state index contributed by atoms with van der Waals surface area (Å²) in [4.78, 5) is 16.4. The summed E-state index contributed by atoms with van der Waals surface area (Å²) in [5.41, 5.74) is 0.279. The third-order valence-corrected chi connectivity index (χ3v) is 4.87. The topological polar surface area (TPSA) is 51.2 Å². The molecule has 0 spiro atoms. The van der Waals surface area contributed by atoms with Crippen LogP contribution in [0.5, 0.6) is 5.88 Å². The fourth-order valence-corrected chi connectivity index (χ4v) is 3.14. The SMILES string of the molecule is COc1nccc([Si](C)(C)C)c1NC(=O)C(C)(C)C. The Bertz CT molecular complexity index is 473. The molecule has 0 fully saturated rings. The van der Waals surface area contributed by atoms with Gasteiger partial charge in [0, 0.05) is 11.6 Å². The summed E-state index contributed by atoms with van der Waals surface area (Å²) in [5.74, 6) is 0.454. The maximum absolute atomic E-state index is 12.2. The van der Waals surface area contributed by atoms with Crippen LogP contribution in [0.3, 0.4) is 0 Å². The summed E-state index contributed by atoms with van der Waals surface area (Å²) in [5, 5.41) is 4.13. The van der Waals surface area contributed by atoms with E-state index in [9.17, 15) is 4.79 Å². The zero-order valence-electron chi connectivity index (χ0n) is 12.9. The van der Waals surface area contributed by atoms with Crippen LogP contribution in [-0.2, 0) is 4.79 Å². The number of ether oxygens (including phenoxy) is 1. The maximum Gasteiger partial charge on any atom is 0.237 e. The van der Waals surface area contributed by atoms with Gasteiger partial charge in [-0.3, -0.25) is 4.79 Å². The maximum atomic E-state index is 12.2. The highest BCUT2D eigenvalue weighted by Gasteiger charge is 2.28. The number of hydrogen-bond acceptors (Lipinski definition) is 3. The number of pyridine rings is 1. The normalized spacial score (nSPS) is 12.2. The average Bonchev–Trinajstić information content (AvgIpc) is 2.26. The van der Waals surface area contributed by atoms with Gasteiger partial charge in [0.05, 0.1) is 15.2 Å². The van der Waals surface area contributed by atoms with Gasteiger partial charge in [-0.1, -0.05) is 40.4 Å². The molecule has 1 rings (SSSR count). The number of nitrogens with zero attached hydrogens (tertiary/aromatic N) is 1. The molecule has 0 bridgehead atoms. The van der Waals surface area contributed by atoms with Crippen LogP contribution in [0.15, 0.2) is 12.3 Å². The van der Waals surface area contributed by atoms with Crippen LogP contribution in [0.4, 0.5) is 5.69 Å². The van der Waals surface area contributed by atoms with E-state index in [0.717, 1.165) is 10.9 Å². The van der Waals surface area contributed by atoms with Gasteiger partial charge in [-0.15, -0.1) is 0 Å². The molecule has 0 saturated heterocycles. The van der Waals surface area contributed by atoms with Crippen LogP contribution in [0.2, 0.25) is 19.6 Å². The number of hydrogen-bond donors (Lipinski definition) is 1. The molecular formula is C14H24N2O2Si. The van der Waals surface area contributed by atoms with Crippen molar-refractivity contribution in [3.8, 4) is 5.88 Å². The van der Waals surface area contributed by atoms with E-state index in [2.05, 4.69) is 29.9 Å². The number of nitrogens with one attached hydrogen (secondary N) is 1. The molecule has 0 radical (unpaired) electrons. The van der Waals surface area contributed by atoms with Crippen molar-refractivity contribution in [3.05, 3.63) is 12.3 Å². The molecule has 0 aliphatic rings. The molecule has 0 aliphatic carbocycles. The van der Waals surface area contributed by atoms with Crippen molar-refractivity contribution in [2.75, 3.05) is 12.4 Å². The van der Waals surface area contributed by atoms with E-state index in [0.29, 0.717) is 5.88 Å². The lowest BCUT2D eigenvalue weighted by Crippen LogP contribution is -2.41. The number of carbonyl (C=O) groups is 1. The van der Waals surface area contributed by atoms with Gasteiger partial charge >= 0.3 is 0 Å². The first-order chi connectivity index (χ1) is 8.57. The molecule has 0 saturated carbocycles. The van der Waals surface area contributed by atoms with Crippen LogP contribution in [0.25, 0.3) is 0 Å². The van der Waals surface area contributed by atoms with Gasteiger partial charge in [-0.2, -0.15) is 0 Å². The second-order valence-electron chi connectivity index (χ2n) is 6.70. The largest absolute Gasteiger partial charge is 0.480 e. The molecule has 0 aromatic carbocycles. The Kier molecular flexibility index (Phi) is 4.40. The fourth-order valence-electron chi connectivity index (χ4n) is 1.64. The Labute approximate surface area is 116 Å². The Morgan fingerprint density at radius 1 is 1.32 bits per heavy atom. The van der Waals surface area contributed by atoms with Gasteiger partial charge < -0.3 is 10.1 Å². The van der Waals surface area contributed by atoms with Crippen molar-refractivity contribution in [2.24, 2.45) is 5.41 Å². The highest BCUT2D eigenvalue weighted by atomic mass is 28.3. The first-order valence-corrected chi connectivity index (χ1v) is 9.92. The summed E-state index contributed by atoms with van der Waals surface area (Å²) in [6.07, 6.45) is 1.74. The van der Waals surface area contributed by atoms with Crippen LogP contribution in [0, 0.1) is 5.41 Å². The Balaban J connectivity index is 3.28. The molecule has 5 heteroatoms. The summed E-state index contributed by atoms with van der Waals surface area (Å²) in [7, 11) is -0.0137. The summed E-state index contributed by atoms with van der Waals surface area (Å²) < 4.78 is 5.29. The first kappa shape index (κ1) is 15.7. The van der Waals surface area contributed by atoms with Crippen LogP contribution < -0.4 is 15.2 Å². The Hall–Kier alpha value is -1.36. The molecule has 1 N–H and O–H groups in total. The third kappa shape index (κ3) is 3.80. The first-order valence-electron chi connectivity index (χ1n) is 6.42. The van der Waals surface area contributed by atoms with E-state index >= 15 is 0 Å². The number of amides is 1. The zero-order valence-corrected chi connectivity index (χ0v) is 13.9. The standard InChI is InChI=1S/C14H24N2O2Si/c1-14(2,3)13(17)16-11-10(19(5,6)7)8-9-15-12(11)18-4/h8-9H,1-7H3,(H,16,17). The molecule has 0 atom stereocenters. The second-order valence-corrected chi connectivity index (χ2v) is 11.7. The van der Waals surface area contributed by atoms with Gasteiger partial charge in [0.25, 0.3) is 0 Å². The van der Waals surface area contributed by atoms with Gasteiger partial charge in [-0.25, -0.2) is 4.98 Å². The summed E-state index contributed by atoms with van der Waals surface area (Å²) >= 11 is 0. The monoisotopic (exact) mass is 280 g/mol. The highest BCUT2D eigenvalue weighted by Crippen LogP contribution is 2.24. The van der Waals surface area contributed by atoms with Crippen LogP contribution in [0.1, 0.15) is 20.8 Å². The smallest absolute Gasteiger partial charge is 0.237 e. The van der Waals surface area contributed by atoms with E-state index in [1.165, 1.54) is 0 Å². The van der Waals surface area contributed by atoms with Crippen molar-refractivity contribution in [2.45, 2.75) is 40.4 Å². The minimum atomic E-state index is -1.59. The van der Waals surface area contributed by atoms with Gasteiger partial charge in [0.2, 0.25) is 11.8 Å². The molecule has 0 aliphatic heterocycles. The molecule has 19 heavy (non-hydrogen) atoms. The van der Waals surface area contributed by atoms with E-state index < -0.39 is 13.5 Å². The van der Waals surface area contributed by atoms with Crippen LogP contribution in [-0.4, -0.2) is 26.1 Å². The minimum absolute atomic E-state index is 0.0294. The van der Waals surface area contributed by atoms with Gasteiger partial charge in [0.15, 0.2) is 0 Å². The number of methoxy groups -OCH3 is 1.